The van der Waals surface area contributed by atoms with E-state index >= 15 is 0 Å². The van der Waals surface area contributed by atoms with E-state index in [1.165, 1.54) is 21.3 Å². The molecular weight excluding hydrogens is 370 g/mol. The summed E-state index contributed by atoms with van der Waals surface area (Å²) >= 11 is 0. The van der Waals surface area contributed by atoms with Crippen LogP contribution in [-0.4, -0.2) is 66.9 Å². The van der Waals surface area contributed by atoms with E-state index in [9.17, 15) is 4.79 Å². The van der Waals surface area contributed by atoms with Gasteiger partial charge in [0, 0.05) is 31.9 Å². The molecule has 0 unspecified atom stereocenters. The van der Waals surface area contributed by atoms with Crippen LogP contribution in [0, 0.1) is 0 Å². The van der Waals surface area contributed by atoms with E-state index in [1.54, 1.807) is 12.1 Å². The monoisotopic (exact) mass is 401 g/mol. The fraction of sp³-hybridized carbons (Fsp3) is 0.409. The molecule has 0 aliphatic heterocycles. The van der Waals surface area contributed by atoms with Gasteiger partial charge in [-0.25, -0.2) is 0 Å². The summed E-state index contributed by atoms with van der Waals surface area (Å²) in [5, 5.41) is 3.01. The van der Waals surface area contributed by atoms with Crippen molar-refractivity contribution in [3.8, 4) is 17.2 Å². The van der Waals surface area contributed by atoms with Crippen LogP contribution < -0.4 is 24.4 Å². The number of ether oxygens (including phenoxy) is 3. The number of nitrogens with one attached hydrogen (secondary N) is 1. The van der Waals surface area contributed by atoms with Crippen LogP contribution in [-0.2, 0) is 0 Å². The Bertz CT molecular complexity index is 794. The number of hydrogen-bond acceptors (Lipinski definition) is 6. The van der Waals surface area contributed by atoms with Gasteiger partial charge in [0.1, 0.15) is 0 Å². The van der Waals surface area contributed by atoms with Crippen molar-refractivity contribution in [1.82, 2.24) is 10.2 Å². The zero-order valence-corrected chi connectivity index (χ0v) is 18.3. The second-order valence-electron chi connectivity index (χ2n) is 7.09. The first-order chi connectivity index (χ1) is 13.8. The third kappa shape index (κ3) is 5.32. The van der Waals surface area contributed by atoms with Crippen LogP contribution in [0.15, 0.2) is 36.4 Å². The Hall–Kier alpha value is -2.93. The van der Waals surface area contributed by atoms with E-state index in [2.05, 4.69) is 39.4 Å². The Morgan fingerprint density at radius 3 is 1.90 bits per heavy atom. The Morgan fingerprint density at radius 2 is 1.48 bits per heavy atom. The van der Waals surface area contributed by atoms with Gasteiger partial charge >= 0.3 is 0 Å². The Balaban J connectivity index is 2.18. The molecule has 0 spiro atoms. The summed E-state index contributed by atoms with van der Waals surface area (Å²) in [4.78, 5) is 16.9. The van der Waals surface area contributed by atoms with Gasteiger partial charge in [0.25, 0.3) is 5.91 Å². The Labute approximate surface area is 173 Å². The number of carbonyl (C=O) groups excluding carboxylic acids is 1. The highest BCUT2D eigenvalue weighted by molar-refractivity contribution is 5.95. The predicted molar refractivity (Wildman–Crippen MR) is 116 cm³/mol. The Kier molecular flexibility index (Phi) is 7.73. The smallest absolute Gasteiger partial charge is 0.251 e. The number of amides is 1. The van der Waals surface area contributed by atoms with Crippen LogP contribution in [0.4, 0.5) is 5.69 Å². The lowest BCUT2D eigenvalue weighted by molar-refractivity contribution is 0.0941. The molecule has 7 heteroatoms. The first-order valence-electron chi connectivity index (χ1n) is 9.34. The summed E-state index contributed by atoms with van der Waals surface area (Å²) < 4.78 is 16.0. The topological polar surface area (TPSA) is 63.3 Å². The number of benzene rings is 2. The molecule has 0 saturated carbocycles. The molecule has 0 bridgehead atoms. The van der Waals surface area contributed by atoms with Gasteiger partial charge in [-0.2, -0.15) is 0 Å². The van der Waals surface area contributed by atoms with Crippen LogP contribution in [0.1, 0.15) is 22.0 Å². The molecule has 158 valence electrons. The molecule has 2 rings (SSSR count). The molecule has 0 radical (unpaired) electrons. The summed E-state index contributed by atoms with van der Waals surface area (Å²) in [6.07, 6.45) is 0. The van der Waals surface area contributed by atoms with Gasteiger partial charge in [0.15, 0.2) is 11.5 Å². The fourth-order valence-corrected chi connectivity index (χ4v) is 3.10. The molecule has 0 aliphatic carbocycles. The highest BCUT2D eigenvalue weighted by Gasteiger charge is 2.19. The van der Waals surface area contributed by atoms with Crippen LogP contribution >= 0.6 is 0 Å². The van der Waals surface area contributed by atoms with Crippen molar-refractivity contribution < 1.29 is 19.0 Å². The van der Waals surface area contributed by atoms with Crippen molar-refractivity contribution in [2.45, 2.75) is 6.04 Å². The predicted octanol–water partition coefficient (Wildman–Crippen LogP) is 2.81. The van der Waals surface area contributed by atoms with Crippen LogP contribution in [0.25, 0.3) is 0 Å². The number of anilines is 1. The van der Waals surface area contributed by atoms with Gasteiger partial charge in [-0.3, -0.25) is 4.79 Å². The first-order valence-corrected chi connectivity index (χ1v) is 9.34. The molecular formula is C22H31N3O4. The molecule has 2 aromatic carbocycles. The lowest BCUT2D eigenvalue weighted by Gasteiger charge is -2.26. The summed E-state index contributed by atoms with van der Waals surface area (Å²) in [6, 6.07) is 11.7. The lowest BCUT2D eigenvalue weighted by atomic mass is 10.0. The zero-order chi connectivity index (χ0) is 21.6. The molecule has 0 saturated heterocycles. The van der Waals surface area contributed by atoms with Crippen molar-refractivity contribution in [1.29, 1.82) is 0 Å². The maximum absolute atomic E-state index is 12.8. The molecule has 1 N–H and O–H groups in total. The van der Waals surface area contributed by atoms with Crippen LogP contribution in [0.5, 0.6) is 17.2 Å². The number of carbonyl (C=O) groups is 1. The quantitative estimate of drug-likeness (QED) is 0.697. The molecule has 0 heterocycles. The molecule has 1 atom stereocenters. The SMILES string of the molecule is COc1cc(C(=O)NC[C@@H](c2ccc(N(C)C)cc2)N(C)C)cc(OC)c1OC. The van der Waals surface area contributed by atoms with Gasteiger partial charge in [-0.1, -0.05) is 12.1 Å². The largest absolute Gasteiger partial charge is 0.493 e. The zero-order valence-electron chi connectivity index (χ0n) is 18.3. The Morgan fingerprint density at radius 1 is 0.931 bits per heavy atom. The average molecular weight is 402 g/mol. The molecule has 0 fully saturated rings. The minimum absolute atomic E-state index is 0.0391. The van der Waals surface area contributed by atoms with E-state index in [1.807, 2.05) is 28.2 Å². The fourth-order valence-electron chi connectivity index (χ4n) is 3.10. The van der Waals surface area contributed by atoms with Gasteiger partial charge in [0.05, 0.1) is 27.4 Å². The second kappa shape index (κ2) is 10.0. The van der Waals surface area contributed by atoms with E-state index < -0.39 is 0 Å². The van der Waals surface area contributed by atoms with E-state index in [4.69, 9.17) is 14.2 Å². The number of likely N-dealkylation sites (N-methyl/N-ethyl adjacent to an activating group) is 1. The van der Waals surface area contributed by atoms with Gasteiger partial charge in [0.2, 0.25) is 5.75 Å². The molecule has 7 nitrogen and oxygen atoms in total. The summed E-state index contributed by atoms with van der Waals surface area (Å²) in [6.45, 7) is 0.462. The van der Waals surface area contributed by atoms with Crippen molar-refractivity contribution in [2.75, 3.05) is 61.0 Å². The van der Waals surface area contributed by atoms with Gasteiger partial charge in [-0.05, 0) is 43.9 Å². The average Bonchev–Trinajstić information content (AvgIpc) is 2.72. The van der Waals surface area contributed by atoms with Gasteiger partial charge < -0.3 is 29.3 Å². The number of rotatable bonds is 9. The third-order valence-electron chi connectivity index (χ3n) is 4.80. The van der Waals surface area contributed by atoms with Crippen LogP contribution in [0.2, 0.25) is 0 Å². The summed E-state index contributed by atoms with van der Waals surface area (Å²) in [7, 11) is 12.6. The van der Waals surface area contributed by atoms with Gasteiger partial charge in [-0.15, -0.1) is 0 Å². The minimum Gasteiger partial charge on any atom is -0.493 e. The summed E-state index contributed by atoms with van der Waals surface area (Å²) in [5.41, 5.74) is 2.71. The lowest BCUT2D eigenvalue weighted by Crippen LogP contribution is -2.34. The minimum atomic E-state index is -0.207. The van der Waals surface area contributed by atoms with Crippen molar-refractivity contribution in [3.05, 3.63) is 47.5 Å². The molecule has 1 amide bonds. The highest BCUT2D eigenvalue weighted by Crippen LogP contribution is 2.38. The summed E-state index contributed by atoms with van der Waals surface area (Å²) in [5.74, 6) is 1.14. The molecule has 0 aliphatic rings. The van der Waals surface area contributed by atoms with Crippen molar-refractivity contribution in [2.24, 2.45) is 0 Å². The highest BCUT2D eigenvalue weighted by atomic mass is 16.5. The van der Waals surface area contributed by atoms with E-state index in [0.29, 0.717) is 29.4 Å². The van der Waals surface area contributed by atoms with Crippen molar-refractivity contribution >= 4 is 11.6 Å². The van der Waals surface area contributed by atoms with Crippen molar-refractivity contribution in [3.63, 3.8) is 0 Å². The normalized spacial score (nSPS) is 11.7. The maximum Gasteiger partial charge on any atom is 0.251 e. The molecule has 0 aromatic heterocycles. The maximum atomic E-state index is 12.8. The molecule has 2 aromatic rings. The number of methoxy groups -OCH3 is 3. The number of hydrogen-bond donors (Lipinski definition) is 1. The molecule has 29 heavy (non-hydrogen) atoms. The number of nitrogens with zero attached hydrogens (tertiary/aromatic N) is 2. The standard InChI is InChI=1S/C22H31N3O4/c1-24(2)17-10-8-15(9-11-17)18(25(3)4)14-23-22(26)16-12-19(27-5)21(29-7)20(13-16)28-6/h8-13,18H,14H2,1-7H3,(H,23,26)/t18-/m0/s1. The first kappa shape index (κ1) is 22.4. The van der Waals surface area contributed by atoms with E-state index in [0.717, 1.165) is 11.3 Å². The third-order valence-corrected chi connectivity index (χ3v) is 4.80. The van der Waals surface area contributed by atoms with E-state index in [-0.39, 0.29) is 11.9 Å². The van der Waals surface area contributed by atoms with Crippen LogP contribution in [0.3, 0.4) is 0 Å². The second-order valence-corrected chi connectivity index (χ2v) is 7.09.